The van der Waals surface area contributed by atoms with E-state index < -0.39 is 11.7 Å². The molecule has 28 heavy (non-hydrogen) atoms. The highest BCUT2D eigenvalue weighted by Crippen LogP contribution is 2.25. The van der Waals surface area contributed by atoms with Gasteiger partial charge in [-0.2, -0.15) is 0 Å². The number of aromatic nitrogens is 3. The summed E-state index contributed by atoms with van der Waals surface area (Å²) in [6.45, 7) is 12.8. The van der Waals surface area contributed by atoms with E-state index in [1.54, 1.807) is 0 Å². The van der Waals surface area contributed by atoms with Crippen molar-refractivity contribution in [2.24, 2.45) is 0 Å². The Bertz CT molecular complexity index is 925. The fourth-order valence-corrected chi connectivity index (χ4v) is 3.05. The van der Waals surface area contributed by atoms with E-state index in [0.717, 1.165) is 40.6 Å². The lowest BCUT2D eigenvalue weighted by Crippen LogP contribution is -2.34. The molecule has 0 spiro atoms. The minimum absolute atomic E-state index is 0.398. The summed E-state index contributed by atoms with van der Waals surface area (Å²) in [6.07, 6.45) is 3.32. The maximum absolute atomic E-state index is 11.9. The van der Waals surface area contributed by atoms with Gasteiger partial charge in [-0.05, 0) is 33.3 Å². The molecule has 3 aromatic rings. The van der Waals surface area contributed by atoms with E-state index in [-0.39, 0.29) is 0 Å². The second kappa shape index (κ2) is 9.53. The zero-order valence-corrected chi connectivity index (χ0v) is 17.9. The van der Waals surface area contributed by atoms with Gasteiger partial charge in [-0.15, -0.1) is 0 Å². The Kier molecular flexibility index (Phi) is 7.38. The van der Waals surface area contributed by atoms with Gasteiger partial charge in [0.05, 0.1) is 17.2 Å². The zero-order valence-electron chi connectivity index (χ0n) is 17.9. The molecule has 1 amide bonds. The minimum Gasteiger partial charge on any atom is -0.444 e. The molecular formula is C22H32N4O2. The van der Waals surface area contributed by atoms with E-state index in [0.29, 0.717) is 13.1 Å². The van der Waals surface area contributed by atoms with E-state index >= 15 is 0 Å². The number of para-hydroxylation sites is 1. The van der Waals surface area contributed by atoms with E-state index in [4.69, 9.17) is 9.72 Å². The molecule has 1 aromatic carbocycles. The van der Waals surface area contributed by atoms with Crippen LogP contribution in [-0.4, -0.2) is 32.8 Å². The van der Waals surface area contributed by atoms with Gasteiger partial charge in [0.15, 0.2) is 0 Å². The zero-order chi connectivity index (χ0) is 20.7. The summed E-state index contributed by atoms with van der Waals surface area (Å²) in [6, 6.07) is 8.07. The highest BCUT2D eigenvalue weighted by Gasteiger charge is 2.17. The van der Waals surface area contributed by atoms with E-state index in [9.17, 15) is 4.79 Å². The first-order chi connectivity index (χ1) is 13.4. The molecule has 1 N–H and O–H groups in total. The third kappa shape index (κ3) is 5.21. The van der Waals surface area contributed by atoms with E-state index in [2.05, 4.69) is 27.9 Å². The van der Waals surface area contributed by atoms with Crippen molar-refractivity contribution in [2.75, 3.05) is 6.54 Å². The lowest BCUT2D eigenvalue weighted by atomic mass is 10.2. The number of imidazole rings is 1. The maximum Gasteiger partial charge on any atom is 0.407 e. The van der Waals surface area contributed by atoms with Crippen LogP contribution in [0.15, 0.2) is 30.5 Å². The first kappa shape index (κ1) is 21.7. The van der Waals surface area contributed by atoms with Gasteiger partial charge >= 0.3 is 6.09 Å². The number of nitrogens with one attached hydrogen (secondary N) is 1. The van der Waals surface area contributed by atoms with Crippen LogP contribution >= 0.6 is 0 Å². The molecule has 6 nitrogen and oxygen atoms in total. The van der Waals surface area contributed by atoms with Gasteiger partial charge in [-0.3, -0.25) is 4.98 Å². The molecule has 0 bridgehead atoms. The summed E-state index contributed by atoms with van der Waals surface area (Å²) in [5.41, 5.74) is 2.42. The molecule has 0 unspecified atom stereocenters. The Morgan fingerprint density at radius 2 is 1.89 bits per heavy atom. The van der Waals surface area contributed by atoms with Gasteiger partial charge < -0.3 is 14.6 Å². The smallest absolute Gasteiger partial charge is 0.407 e. The van der Waals surface area contributed by atoms with Crippen LogP contribution in [0.1, 0.15) is 53.8 Å². The molecule has 152 valence electrons. The van der Waals surface area contributed by atoms with E-state index in [1.807, 2.05) is 59.0 Å². The molecule has 0 radical (unpaired) electrons. The third-order valence-corrected chi connectivity index (χ3v) is 4.04. The standard InChI is InChI=1S/C20H26N4O2.C2H6/c1-5-8-17-23-16-13-22-15-10-7-6-9-14(15)18(16)24(17)12-11-21-19(25)26-20(2,3)4;1-2/h6-7,9-10,13H,5,8,11-12H2,1-4H3,(H,21,25);1-2H3. The van der Waals surface area contributed by atoms with Crippen LogP contribution in [0.5, 0.6) is 0 Å². The van der Waals surface area contributed by atoms with Gasteiger partial charge in [0.1, 0.15) is 16.9 Å². The molecular weight excluding hydrogens is 352 g/mol. The Hall–Kier alpha value is -2.63. The number of nitrogens with zero attached hydrogens (tertiary/aromatic N) is 3. The van der Waals surface area contributed by atoms with Crippen LogP contribution in [0, 0.1) is 0 Å². The maximum atomic E-state index is 11.9. The average molecular weight is 385 g/mol. The monoisotopic (exact) mass is 384 g/mol. The number of alkyl carbamates (subject to hydrolysis) is 1. The first-order valence-electron chi connectivity index (χ1n) is 10.1. The van der Waals surface area contributed by atoms with Crippen molar-refractivity contribution in [3.8, 4) is 0 Å². The number of rotatable bonds is 5. The Labute approximate surface area is 167 Å². The molecule has 3 rings (SSSR count). The van der Waals surface area contributed by atoms with Crippen LogP contribution < -0.4 is 5.32 Å². The number of aryl methyl sites for hydroxylation is 1. The fraction of sp³-hybridized carbons (Fsp3) is 0.500. The topological polar surface area (TPSA) is 69.0 Å². The summed E-state index contributed by atoms with van der Waals surface area (Å²) >= 11 is 0. The SMILES string of the molecule is CC.CCCc1nc2cnc3ccccc3c2n1CCNC(=O)OC(C)(C)C. The molecule has 2 heterocycles. The van der Waals surface area contributed by atoms with Crippen molar-refractivity contribution >= 4 is 28.0 Å². The summed E-state index contributed by atoms with van der Waals surface area (Å²) in [4.78, 5) is 21.2. The van der Waals surface area contributed by atoms with Crippen molar-refractivity contribution in [3.05, 3.63) is 36.3 Å². The number of hydrogen-bond donors (Lipinski definition) is 1. The fourth-order valence-electron chi connectivity index (χ4n) is 3.05. The quantitative estimate of drug-likeness (QED) is 0.665. The van der Waals surface area contributed by atoms with Crippen molar-refractivity contribution in [3.63, 3.8) is 0 Å². The first-order valence-corrected chi connectivity index (χ1v) is 10.1. The highest BCUT2D eigenvalue weighted by atomic mass is 16.6. The van der Waals surface area contributed by atoms with Crippen molar-refractivity contribution < 1.29 is 9.53 Å². The second-order valence-corrected chi connectivity index (χ2v) is 7.37. The molecule has 6 heteroatoms. The Morgan fingerprint density at radius 3 is 2.57 bits per heavy atom. The molecule has 0 aliphatic heterocycles. The predicted molar refractivity (Wildman–Crippen MR) is 115 cm³/mol. The number of pyridine rings is 1. The summed E-state index contributed by atoms with van der Waals surface area (Å²) < 4.78 is 7.50. The molecule has 0 saturated carbocycles. The summed E-state index contributed by atoms with van der Waals surface area (Å²) in [5.74, 6) is 1.02. The lowest BCUT2D eigenvalue weighted by molar-refractivity contribution is 0.0526. The van der Waals surface area contributed by atoms with Gasteiger partial charge in [0.2, 0.25) is 0 Å². The minimum atomic E-state index is -0.499. The number of hydrogen-bond acceptors (Lipinski definition) is 4. The highest BCUT2D eigenvalue weighted by molar-refractivity contribution is 6.02. The van der Waals surface area contributed by atoms with Crippen molar-refractivity contribution in [1.29, 1.82) is 0 Å². The number of carbonyl (C=O) groups is 1. The number of amides is 1. The normalized spacial score (nSPS) is 11.2. The molecule has 0 saturated heterocycles. The summed E-state index contributed by atoms with van der Waals surface area (Å²) in [5, 5.41) is 3.91. The molecule has 0 fully saturated rings. The number of ether oxygens (including phenoxy) is 1. The molecule has 0 atom stereocenters. The van der Waals surface area contributed by atoms with Crippen LogP contribution in [0.25, 0.3) is 21.9 Å². The van der Waals surface area contributed by atoms with Gasteiger partial charge in [-0.1, -0.05) is 39.0 Å². The largest absolute Gasteiger partial charge is 0.444 e. The van der Waals surface area contributed by atoms with E-state index in [1.165, 1.54) is 0 Å². The number of fused-ring (bicyclic) bond motifs is 3. The van der Waals surface area contributed by atoms with Gasteiger partial charge in [0, 0.05) is 24.9 Å². The summed E-state index contributed by atoms with van der Waals surface area (Å²) in [7, 11) is 0. The third-order valence-electron chi connectivity index (χ3n) is 4.04. The van der Waals surface area contributed by atoms with Crippen LogP contribution in [-0.2, 0) is 17.7 Å². The number of benzene rings is 1. The van der Waals surface area contributed by atoms with Crippen LogP contribution in [0.2, 0.25) is 0 Å². The van der Waals surface area contributed by atoms with Crippen molar-refractivity contribution in [1.82, 2.24) is 19.9 Å². The van der Waals surface area contributed by atoms with Gasteiger partial charge in [0.25, 0.3) is 0 Å². The lowest BCUT2D eigenvalue weighted by Gasteiger charge is -2.20. The van der Waals surface area contributed by atoms with Crippen LogP contribution in [0.3, 0.4) is 0 Å². The second-order valence-electron chi connectivity index (χ2n) is 7.37. The van der Waals surface area contributed by atoms with Crippen molar-refractivity contribution in [2.45, 2.75) is 66.5 Å². The Balaban J connectivity index is 0.00000136. The van der Waals surface area contributed by atoms with Gasteiger partial charge in [-0.25, -0.2) is 9.78 Å². The average Bonchev–Trinajstić information content (AvgIpc) is 3.00. The Morgan fingerprint density at radius 1 is 1.18 bits per heavy atom. The molecule has 0 aliphatic rings. The molecule has 2 aromatic heterocycles. The molecule has 0 aliphatic carbocycles. The predicted octanol–water partition coefficient (Wildman–Crippen LogP) is 5.09. The number of carbonyl (C=O) groups excluding carboxylic acids is 1. The van der Waals surface area contributed by atoms with Crippen LogP contribution in [0.4, 0.5) is 4.79 Å².